The Morgan fingerprint density at radius 2 is 1.97 bits per heavy atom. The number of furan rings is 1. The Kier molecular flexibility index (Phi) is 5.50. The standard InChI is InChI=1S/C21H20F2N4O2/c22-16-5-1-6-17(23)15(16)12-24-21(28)14-4-2-10-27(13-14)20-9-8-18(25-26-20)19-7-3-11-29-19/h1,3,5-9,11,14H,2,4,10,12-13H2,(H,24,28). The third-order valence-electron chi connectivity index (χ3n) is 5.04. The van der Waals surface area contributed by atoms with Crippen molar-refractivity contribution in [1.82, 2.24) is 15.5 Å². The molecular weight excluding hydrogens is 378 g/mol. The maximum atomic E-state index is 13.7. The summed E-state index contributed by atoms with van der Waals surface area (Å²) in [4.78, 5) is 14.5. The number of hydrogen-bond acceptors (Lipinski definition) is 5. The number of nitrogens with one attached hydrogen (secondary N) is 1. The average Bonchev–Trinajstić information content (AvgIpc) is 3.28. The van der Waals surface area contributed by atoms with Gasteiger partial charge in [0.2, 0.25) is 5.91 Å². The van der Waals surface area contributed by atoms with Crippen LogP contribution in [-0.2, 0) is 11.3 Å². The van der Waals surface area contributed by atoms with Crippen LogP contribution in [0.5, 0.6) is 0 Å². The molecule has 4 rings (SSSR count). The number of aromatic nitrogens is 2. The summed E-state index contributed by atoms with van der Waals surface area (Å²) in [6.45, 7) is 1.06. The minimum atomic E-state index is -0.664. The van der Waals surface area contributed by atoms with Crippen molar-refractivity contribution in [2.75, 3.05) is 18.0 Å². The molecule has 1 N–H and O–H groups in total. The minimum absolute atomic E-state index is 0.132. The van der Waals surface area contributed by atoms with Gasteiger partial charge >= 0.3 is 0 Å². The highest BCUT2D eigenvalue weighted by Crippen LogP contribution is 2.24. The molecule has 8 heteroatoms. The van der Waals surface area contributed by atoms with E-state index in [1.165, 1.54) is 18.2 Å². The molecule has 1 unspecified atom stereocenters. The van der Waals surface area contributed by atoms with Crippen molar-refractivity contribution in [2.45, 2.75) is 19.4 Å². The van der Waals surface area contributed by atoms with Gasteiger partial charge in [-0.1, -0.05) is 6.07 Å². The van der Waals surface area contributed by atoms with E-state index in [-0.39, 0.29) is 23.9 Å². The van der Waals surface area contributed by atoms with Crippen molar-refractivity contribution in [1.29, 1.82) is 0 Å². The summed E-state index contributed by atoms with van der Waals surface area (Å²) < 4.78 is 32.8. The topological polar surface area (TPSA) is 71.3 Å². The number of amides is 1. The Morgan fingerprint density at radius 1 is 1.14 bits per heavy atom. The second-order valence-electron chi connectivity index (χ2n) is 6.96. The van der Waals surface area contributed by atoms with E-state index >= 15 is 0 Å². The quantitative estimate of drug-likeness (QED) is 0.712. The van der Waals surface area contributed by atoms with Crippen molar-refractivity contribution >= 4 is 11.7 Å². The SMILES string of the molecule is O=C(NCc1c(F)cccc1F)C1CCCN(c2ccc(-c3ccco3)nn2)C1. The molecule has 0 bridgehead atoms. The fourth-order valence-corrected chi connectivity index (χ4v) is 3.47. The molecule has 3 heterocycles. The maximum absolute atomic E-state index is 13.7. The van der Waals surface area contributed by atoms with Gasteiger partial charge in [-0.25, -0.2) is 8.78 Å². The largest absolute Gasteiger partial charge is 0.463 e. The lowest BCUT2D eigenvalue weighted by atomic mass is 9.97. The molecule has 1 fully saturated rings. The first-order valence-electron chi connectivity index (χ1n) is 9.45. The number of nitrogens with zero attached hydrogens (tertiary/aromatic N) is 3. The maximum Gasteiger partial charge on any atom is 0.225 e. The lowest BCUT2D eigenvalue weighted by Gasteiger charge is -2.32. The Labute approximate surface area is 166 Å². The second-order valence-corrected chi connectivity index (χ2v) is 6.96. The molecule has 150 valence electrons. The number of hydrogen-bond donors (Lipinski definition) is 1. The molecule has 0 aliphatic carbocycles. The van der Waals surface area contributed by atoms with E-state index < -0.39 is 11.6 Å². The molecule has 0 spiro atoms. The summed E-state index contributed by atoms with van der Waals surface area (Å²) in [7, 11) is 0. The van der Waals surface area contributed by atoms with Gasteiger partial charge in [-0.2, -0.15) is 0 Å². The molecule has 1 aliphatic rings. The molecule has 1 atom stereocenters. The third-order valence-corrected chi connectivity index (χ3v) is 5.04. The zero-order valence-corrected chi connectivity index (χ0v) is 15.6. The monoisotopic (exact) mass is 398 g/mol. The van der Waals surface area contributed by atoms with Gasteiger partial charge < -0.3 is 14.6 Å². The van der Waals surface area contributed by atoms with Gasteiger partial charge in [-0.05, 0) is 49.2 Å². The van der Waals surface area contributed by atoms with E-state index in [2.05, 4.69) is 15.5 Å². The van der Waals surface area contributed by atoms with E-state index in [1.54, 1.807) is 12.3 Å². The lowest BCUT2D eigenvalue weighted by Crippen LogP contribution is -2.43. The number of rotatable bonds is 5. The summed E-state index contributed by atoms with van der Waals surface area (Å²) in [5.74, 6) is -0.522. The molecule has 2 aromatic heterocycles. The predicted octanol–water partition coefficient (Wildman–Crippen LogP) is 3.55. The van der Waals surface area contributed by atoms with Gasteiger partial charge in [0, 0.05) is 25.2 Å². The molecule has 6 nitrogen and oxygen atoms in total. The van der Waals surface area contributed by atoms with E-state index in [1.807, 2.05) is 23.1 Å². The number of carbonyl (C=O) groups is 1. The summed E-state index contributed by atoms with van der Waals surface area (Å²) in [5, 5.41) is 11.1. The van der Waals surface area contributed by atoms with Crippen molar-refractivity contribution in [3.8, 4) is 11.5 Å². The van der Waals surface area contributed by atoms with Crippen molar-refractivity contribution in [3.05, 3.63) is 65.9 Å². The lowest BCUT2D eigenvalue weighted by molar-refractivity contribution is -0.125. The van der Waals surface area contributed by atoms with Crippen LogP contribution in [0.3, 0.4) is 0 Å². The van der Waals surface area contributed by atoms with Crippen molar-refractivity contribution in [3.63, 3.8) is 0 Å². The number of piperidine rings is 1. The van der Waals surface area contributed by atoms with Crippen molar-refractivity contribution in [2.24, 2.45) is 5.92 Å². The minimum Gasteiger partial charge on any atom is -0.463 e. The highest BCUT2D eigenvalue weighted by Gasteiger charge is 2.27. The van der Waals surface area contributed by atoms with Gasteiger partial charge in [-0.15, -0.1) is 10.2 Å². The number of carbonyl (C=O) groups excluding carboxylic acids is 1. The van der Waals surface area contributed by atoms with Crippen LogP contribution in [-0.4, -0.2) is 29.2 Å². The fourth-order valence-electron chi connectivity index (χ4n) is 3.47. The normalized spacial score (nSPS) is 16.6. The first-order valence-corrected chi connectivity index (χ1v) is 9.45. The smallest absolute Gasteiger partial charge is 0.225 e. The number of benzene rings is 1. The Hall–Kier alpha value is -3.29. The number of anilines is 1. The highest BCUT2D eigenvalue weighted by atomic mass is 19.1. The highest BCUT2D eigenvalue weighted by molar-refractivity contribution is 5.79. The van der Waals surface area contributed by atoms with Crippen molar-refractivity contribution < 1.29 is 18.0 Å². The van der Waals surface area contributed by atoms with Crippen LogP contribution in [0.2, 0.25) is 0 Å². The van der Waals surface area contributed by atoms with Crippen LogP contribution in [0, 0.1) is 17.6 Å². The van der Waals surface area contributed by atoms with Gasteiger partial charge in [-0.3, -0.25) is 4.79 Å². The van der Waals surface area contributed by atoms with Crippen LogP contribution in [0.1, 0.15) is 18.4 Å². The molecule has 1 amide bonds. The molecule has 0 radical (unpaired) electrons. The number of halogens is 2. The zero-order valence-electron chi connectivity index (χ0n) is 15.6. The Bertz CT molecular complexity index is 957. The molecule has 1 saturated heterocycles. The Balaban J connectivity index is 1.38. The van der Waals surface area contributed by atoms with Crippen LogP contribution in [0.15, 0.2) is 53.1 Å². The van der Waals surface area contributed by atoms with Crippen LogP contribution < -0.4 is 10.2 Å². The van der Waals surface area contributed by atoms with Crippen LogP contribution >= 0.6 is 0 Å². The van der Waals surface area contributed by atoms with Gasteiger partial charge in [0.25, 0.3) is 0 Å². The summed E-state index contributed by atoms with van der Waals surface area (Å²) in [6, 6.07) is 10.9. The van der Waals surface area contributed by atoms with Gasteiger partial charge in [0.05, 0.1) is 12.2 Å². The molecule has 0 saturated carbocycles. The average molecular weight is 398 g/mol. The second kappa shape index (κ2) is 8.38. The first-order chi connectivity index (χ1) is 14.1. The van der Waals surface area contributed by atoms with Gasteiger partial charge in [0.1, 0.15) is 17.3 Å². The molecule has 3 aromatic rings. The molecule has 29 heavy (non-hydrogen) atoms. The summed E-state index contributed by atoms with van der Waals surface area (Å²) >= 11 is 0. The van der Waals surface area contributed by atoms with E-state index in [4.69, 9.17) is 4.42 Å². The summed E-state index contributed by atoms with van der Waals surface area (Å²) in [5.41, 5.74) is 0.505. The Morgan fingerprint density at radius 3 is 2.66 bits per heavy atom. The van der Waals surface area contributed by atoms with E-state index in [9.17, 15) is 13.6 Å². The summed E-state index contributed by atoms with van der Waals surface area (Å²) in [6.07, 6.45) is 3.10. The third kappa shape index (κ3) is 4.26. The molecular formula is C21H20F2N4O2. The molecule has 1 aromatic carbocycles. The fraction of sp³-hybridized carbons (Fsp3) is 0.286. The van der Waals surface area contributed by atoms with E-state index in [0.29, 0.717) is 30.2 Å². The van der Waals surface area contributed by atoms with Crippen LogP contribution in [0.25, 0.3) is 11.5 Å². The van der Waals surface area contributed by atoms with E-state index in [0.717, 1.165) is 13.0 Å². The first kappa shape index (κ1) is 19.0. The molecule has 1 aliphatic heterocycles. The van der Waals surface area contributed by atoms with Crippen LogP contribution in [0.4, 0.5) is 14.6 Å². The van der Waals surface area contributed by atoms with Gasteiger partial charge in [0.15, 0.2) is 11.6 Å². The zero-order chi connectivity index (χ0) is 20.2. The predicted molar refractivity (Wildman–Crippen MR) is 103 cm³/mol.